The van der Waals surface area contributed by atoms with Gasteiger partial charge in [0, 0.05) is 29.9 Å². The second-order valence-electron chi connectivity index (χ2n) is 7.28. The molecule has 6 nitrogen and oxygen atoms in total. The fourth-order valence-electron chi connectivity index (χ4n) is 2.92. The number of carbonyl (C=O) groups is 2. The number of benzene rings is 2. The van der Waals surface area contributed by atoms with E-state index in [1.165, 1.54) is 0 Å². The molecule has 0 aliphatic heterocycles. The van der Waals surface area contributed by atoms with Crippen LogP contribution in [0.3, 0.4) is 0 Å². The number of hydrogen-bond acceptors (Lipinski definition) is 4. The van der Waals surface area contributed by atoms with E-state index in [4.69, 9.17) is 4.74 Å². The molecule has 2 N–H and O–H groups in total. The molecule has 6 heteroatoms. The molecule has 152 valence electrons. The second-order valence-corrected chi connectivity index (χ2v) is 7.28. The smallest absolute Gasteiger partial charge is 0.251 e. The lowest BCUT2D eigenvalue weighted by atomic mass is 10.1. The Kier molecular flexibility index (Phi) is 6.03. The number of nitrogens with zero attached hydrogens (tertiary/aromatic N) is 1. The second kappa shape index (κ2) is 9.22. The number of hydrogen-bond donors (Lipinski definition) is 2. The minimum Gasteiger partial charge on any atom is -0.487 e. The molecule has 1 heterocycles. The average molecular weight is 401 g/mol. The third-order valence-electron chi connectivity index (χ3n) is 4.85. The van der Waals surface area contributed by atoms with Crippen molar-refractivity contribution in [1.82, 2.24) is 10.3 Å². The van der Waals surface area contributed by atoms with Gasteiger partial charge in [0.15, 0.2) is 0 Å². The molecule has 2 amide bonds. The van der Waals surface area contributed by atoms with Gasteiger partial charge in [-0.05, 0) is 66.9 Å². The number of rotatable bonds is 8. The van der Waals surface area contributed by atoms with Crippen LogP contribution in [0.5, 0.6) is 5.75 Å². The van der Waals surface area contributed by atoms with Crippen LogP contribution < -0.4 is 15.4 Å². The van der Waals surface area contributed by atoms with Crippen molar-refractivity contribution in [1.29, 1.82) is 0 Å². The Balaban J connectivity index is 1.24. The zero-order valence-electron chi connectivity index (χ0n) is 16.5. The molecule has 0 radical (unpaired) electrons. The first-order valence-corrected chi connectivity index (χ1v) is 9.98. The fraction of sp³-hybridized carbons (Fsp3) is 0.208. The molecule has 1 aliphatic carbocycles. The molecular formula is C24H23N3O3. The van der Waals surface area contributed by atoms with Gasteiger partial charge in [-0.2, -0.15) is 0 Å². The van der Waals surface area contributed by atoms with E-state index in [1.54, 1.807) is 30.5 Å². The fourth-order valence-corrected chi connectivity index (χ4v) is 2.92. The Bertz CT molecular complexity index is 998. The summed E-state index contributed by atoms with van der Waals surface area (Å²) in [5.41, 5.74) is 3.10. The molecule has 1 fully saturated rings. The minimum absolute atomic E-state index is 0.0552. The maximum Gasteiger partial charge on any atom is 0.251 e. The highest BCUT2D eigenvalue weighted by Crippen LogP contribution is 2.30. The highest BCUT2D eigenvalue weighted by molar-refractivity contribution is 5.96. The van der Waals surface area contributed by atoms with Crippen LogP contribution in [0.4, 0.5) is 5.69 Å². The van der Waals surface area contributed by atoms with Gasteiger partial charge in [0.05, 0.1) is 5.69 Å². The first-order valence-electron chi connectivity index (χ1n) is 9.98. The van der Waals surface area contributed by atoms with E-state index in [0.29, 0.717) is 24.4 Å². The van der Waals surface area contributed by atoms with Crippen molar-refractivity contribution in [2.24, 2.45) is 5.92 Å². The number of anilines is 1. The molecule has 1 aliphatic rings. The first-order chi connectivity index (χ1) is 14.7. The van der Waals surface area contributed by atoms with E-state index in [-0.39, 0.29) is 17.7 Å². The molecule has 30 heavy (non-hydrogen) atoms. The molecule has 0 atom stereocenters. The van der Waals surface area contributed by atoms with Crippen molar-refractivity contribution in [2.45, 2.75) is 26.0 Å². The number of pyridine rings is 1. The summed E-state index contributed by atoms with van der Waals surface area (Å²) in [5.74, 6) is 0.796. The number of amides is 2. The SMILES string of the molecule is O=C(NCc1ccc(OCc2ccccn2)cc1)c1ccc(NC(=O)C2CC2)cc1. The van der Waals surface area contributed by atoms with E-state index in [9.17, 15) is 9.59 Å². The van der Waals surface area contributed by atoms with Crippen molar-refractivity contribution in [3.05, 3.63) is 89.7 Å². The zero-order valence-corrected chi connectivity index (χ0v) is 16.5. The third-order valence-corrected chi connectivity index (χ3v) is 4.85. The van der Waals surface area contributed by atoms with Crippen LogP contribution >= 0.6 is 0 Å². The van der Waals surface area contributed by atoms with Gasteiger partial charge in [-0.3, -0.25) is 14.6 Å². The minimum atomic E-state index is -0.162. The Hall–Kier alpha value is -3.67. The van der Waals surface area contributed by atoms with Crippen molar-refractivity contribution < 1.29 is 14.3 Å². The van der Waals surface area contributed by atoms with Crippen LogP contribution in [0.2, 0.25) is 0 Å². The quantitative estimate of drug-likeness (QED) is 0.599. The molecule has 1 saturated carbocycles. The standard InChI is InChI=1S/C24H23N3O3/c28-23(18-8-10-20(11-9-18)27-24(29)19-6-7-19)26-15-17-4-12-22(13-5-17)30-16-21-3-1-2-14-25-21/h1-5,8-14,19H,6-7,15-16H2,(H,26,28)(H,27,29). The highest BCUT2D eigenvalue weighted by atomic mass is 16.5. The van der Waals surface area contributed by atoms with Gasteiger partial charge in [-0.25, -0.2) is 0 Å². The molecule has 4 rings (SSSR count). The first kappa shape index (κ1) is 19.6. The molecule has 0 bridgehead atoms. The summed E-state index contributed by atoms with van der Waals surface area (Å²) >= 11 is 0. The average Bonchev–Trinajstić information content (AvgIpc) is 3.64. The van der Waals surface area contributed by atoms with Gasteiger partial charge >= 0.3 is 0 Å². The molecule has 0 saturated heterocycles. The summed E-state index contributed by atoms with van der Waals surface area (Å²) in [6.45, 7) is 0.827. The van der Waals surface area contributed by atoms with Crippen LogP contribution in [0.25, 0.3) is 0 Å². The molecular weight excluding hydrogens is 378 g/mol. The largest absolute Gasteiger partial charge is 0.487 e. The van der Waals surface area contributed by atoms with Crippen LogP contribution in [0.1, 0.15) is 34.5 Å². The number of carbonyl (C=O) groups excluding carboxylic acids is 2. The Labute approximate surface area is 175 Å². The van der Waals surface area contributed by atoms with E-state index >= 15 is 0 Å². The van der Waals surface area contributed by atoms with Crippen molar-refractivity contribution in [3.8, 4) is 5.75 Å². The maximum absolute atomic E-state index is 12.4. The van der Waals surface area contributed by atoms with E-state index in [0.717, 1.165) is 29.8 Å². The summed E-state index contributed by atoms with van der Waals surface area (Å²) in [6.07, 6.45) is 3.66. The lowest BCUT2D eigenvalue weighted by Gasteiger charge is -2.09. The monoisotopic (exact) mass is 401 g/mol. The van der Waals surface area contributed by atoms with E-state index < -0.39 is 0 Å². The molecule has 0 spiro atoms. The molecule has 0 unspecified atom stereocenters. The van der Waals surface area contributed by atoms with E-state index in [2.05, 4.69) is 15.6 Å². The number of nitrogens with one attached hydrogen (secondary N) is 2. The Morgan fingerprint density at radius 2 is 1.73 bits per heavy atom. The van der Waals surface area contributed by atoms with E-state index in [1.807, 2.05) is 42.5 Å². The number of aromatic nitrogens is 1. The third kappa shape index (κ3) is 5.44. The van der Waals surface area contributed by atoms with Gasteiger partial charge in [0.25, 0.3) is 5.91 Å². The summed E-state index contributed by atoms with van der Waals surface area (Å²) in [6, 6.07) is 20.2. The van der Waals surface area contributed by atoms with Gasteiger partial charge in [-0.15, -0.1) is 0 Å². The lowest BCUT2D eigenvalue weighted by Crippen LogP contribution is -2.22. The summed E-state index contributed by atoms with van der Waals surface area (Å²) in [4.78, 5) is 28.4. The highest BCUT2D eigenvalue weighted by Gasteiger charge is 2.29. The van der Waals surface area contributed by atoms with Crippen molar-refractivity contribution >= 4 is 17.5 Å². The lowest BCUT2D eigenvalue weighted by molar-refractivity contribution is -0.117. The Morgan fingerprint density at radius 1 is 0.967 bits per heavy atom. The summed E-state index contributed by atoms with van der Waals surface area (Å²) < 4.78 is 5.72. The number of ether oxygens (including phenoxy) is 1. The summed E-state index contributed by atoms with van der Waals surface area (Å²) in [7, 11) is 0. The molecule has 2 aromatic carbocycles. The predicted molar refractivity (Wildman–Crippen MR) is 114 cm³/mol. The van der Waals surface area contributed by atoms with Crippen LogP contribution in [0.15, 0.2) is 72.9 Å². The Morgan fingerprint density at radius 3 is 2.40 bits per heavy atom. The predicted octanol–water partition coefficient (Wildman–Crippen LogP) is 3.94. The van der Waals surface area contributed by atoms with Crippen molar-refractivity contribution in [2.75, 3.05) is 5.32 Å². The molecule has 1 aromatic heterocycles. The van der Waals surface area contributed by atoms with Gasteiger partial charge < -0.3 is 15.4 Å². The summed E-state index contributed by atoms with van der Waals surface area (Å²) in [5, 5.41) is 5.77. The zero-order chi connectivity index (χ0) is 20.8. The van der Waals surface area contributed by atoms with Crippen LogP contribution in [-0.4, -0.2) is 16.8 Å². The molecule has 3 aromatic rings. The topological polar surface area (TPSA) is 80.3 Å². The van der Waals surface area contributed by atoms with Gasteiger partial charge in [0.1, 0.15) is 12.4 Å². The maximum atomic E-state index is 12.4. The van der Waals surface area contributed by atoms with Crippen molar-refractivity contribution in [3.63, 3.8) is 0 Å². The normalized spacial score (nSPS) is 12.8. The van der Waals surface area contributed by atoms with Crippen LogP contribution in [-0.2, 0) is 17.9 Å². The van der Waals surface area contributed by atoms with Gasteiger partial charge in [-0.1, -0.05) is 18.2 Å². The van der Waals surface area contributed by atoms with Gasteiger partial charge in [0.2, 0.25) is 5.91 Å². The van der Waals surface area contributed by atoms with Crippen LogP contribution in [0, 0.1) is 5.92 Å².